The van der Waals surface area contributed by atoms with Crippen molar-refractivity contribution in [3.05, 3.63) is 54.1 Å². The maximum absolute atomic E-state index is 11.4. The van der Waals surface area contributed by atoms with Crippen LogP contribution in [0.2, 0.25) is 0 Å². The highest BCUT2D eigenvalue weighted by molar-refractivity contribution is 6.30. The molecule has 0 heterocycles. The second-order valence-corrected chi connectivity index (χ2v) is 4.36. The van der Waals surface area contributed by atoms with Gasteiger partial charge in [-0.1, -0.05) is 36.4 Å². The summed E-state index contributed by atoms with van der Waals surface area (Å²) in [5.74, 6) is 0.822. The largest absolute Gasteiger partial charge is 0.494 e. The summed E-state index contributed by atoms with van der Waals surface area (Å²) < 4.78 is 5.40. The van der Waals surface area contributed by atoms with E-state index in [2.05, 4.69) is 0 Å². The molecular weight excluding hydrogens is 260 g/mol. The Kier molecular flexibility index (Phi) is 4.58. The number of hydrogen-bond acceptors (Lipinski definition) is 2. The molecule has 2 nitrogen and oxygen atoms in total. The Morgan fingerprint density at radius 1 is 1.00 bits per heavy atom. The molecule has 0 aliphatic rings. The van der Waals surface area contributed by atoms with Gasteiger partial charge in [-0.2, -0.15) is 0 Å². The number of Topliss-reactive ketones (excluding diaryl/α,β-unsaturated/α-hetero) is 1. The molecule has 98 valence electrons. The molecule has 0 spiro atoms. The molecule has 0 aliphatic carbocycles. The van der Waals surface area contributed by atoms with E-state index in [0.29, 0.717) is 12.2 Å². The van der Waals surface area contributed by atoms with Crippen molar-refractivity contribution in [1.29, 1.82) is 0 Å². The molecule has 0 saturated heterocycles. The summed E-state index contributed by atoms with van der Waals surface area (Å²) >= 11 is 5.53. The van der Waals surface area contributed by atoms with Gasteiger partial charge in [0.05, 0.1) is 12.5 Å². The van der Waals surface area contributed by atoms with Gasteiger partial charge in [0, 0.05) is 5.56 Å². The van der Waals surface area contributed by atoms with Crippen molar-refractivity contribution in [2.45, 2.75) is 6.92 Å². The zero-order chi connectivity index (χ0) is 13.7. The quantitative estimate of drug-likeness (QED) is 0.604. The summed E-state index contributed by atoms with van der Waals surface area (Å²) in [7, 11) is 0. The molecule has 0 unspecified atom stereocenters. The Bertz CT molecular complexity index is 544. The van der Waals surface area contributed by atoms with Gasteiger partial charge >= 0.3 is 0 Å². The Morgan fingerprint density at radius 3 is 2.00 bits per heavy atom. The van der Waals surface area contributed by atoms with Crippen LogP contribution in [0.25, 0.3) is 11.1 Å². The minimum Gasteiger partial charge on any atom is -0.494 e. The number of benzene rings is 2. The number of rotatable bonds is 5. The zero-order valence-electron chi connectivity index (χ0n) is 10.7. The molecule has 0 radical (unpaired) electrons. The van der Waals surface area contributed by atoms with Crippen LogP contribution in [0, 0.1) is 0 Å². The highest BCUT2D eigenvalue weighted by Crippen LogP contribution is 2.23. The van der Waals surface area contributed by atoms with Gasteiger partial charge in [0.2, 0.25) is 0 Å². The first-order chi connectivity index (χ1) is 9.24. The first-order valence-corrected chi connectivity index (χ1v) is 6.70. The maximum atomic E-state index is 11.4. The molecule has 3 heteroatoms. The monoisotopic (exact) mass is 274 g/mol. The fourth-order valence-electron chi connectivity index (χ4n) is 1.84. The van der Waals surface area contributed by atoms with Crippen molar-refractivity contribution in [2.75, 3.05) is 12.5 Å². The SMILES string of the molecule is CCOc1ccc(-c2ccc(C(=O)CCl)cc2)cc1. The Balaban J connectivity index is 2.19. The minimum absolute atomic E-state index is 0.0163. The first-order valence-electron chi connectivity index (χ1n) is 6.17. The molecule has 2 rings (SSSR count). The van der Waals surface area contributed by atoms with Crippen LogP contribution in [0.5, 0.6) is 5.75 Å². The second kappa shape index (κ2) is 6.39. The van der Waals surface area contributed by atoms with Crippen molar-refractivity contribution in [3.63, 3.8) is 0 Å². The summed E-state index contributed by atoms with van der Waals surface area (Å²) in [4.78, 5) is 11.4. The third kappa shape index (κ3) is 3.36. The van der Waals surface area contributed by atoms with Crippen LogP contribution >= 0.6 is 11.6 Å². The first kappa shape index (κ1) is 13.6. The summed E-state index contributed by atoms with van der Waals surface area (Å²) in [6.07, 6.45) is 0. The number of hydrogen-bond donors (Lipinski definition) is 0. The zero-order valence-corrected chi connectivity index (χ0v) is 11.5. The number of carbonyl (C=O) groups excluding carboxylic acids is 1. The fraction of sp³-hybridized carbons (Fsp3) is 0.188. The van der Waals surface area contributed by atoms with Gasteiger partial charge in [-0.15, -0.1) is 11.6 Å². The van der Waals surface area contributed by atoms with Crippen molar-refractivity contribution in [3.8, 4) is 16.9 Å². The third-order valence-electron chi connectivity index (χ3n) is 2.83. The van der Waals surface area contributed by atoms with Crippen LogP contribution in [0.15, 0.2) is 48.5 Å². The van der Waals surface area contributed by atoms with E-state index in [4.69, 9.17) is 16.3 Å². The lowest BCUT2D eigenvalue weighted by Gasteiger charge is -2.06. The molecule has 0 fully saturated rings. The van der Waals surface area contributed by atoms with Crippen LogP contribution in [0.1, 0.15) is 17.3 Å². The third-order valence-corrected chi connectivity index (χ3v) is 3.07. The van der Waals surface area contributed by atoms with Gasteiger partial charge in [-0.05, 0) is 30.2 Å². The van der Waals surface area contributed by atoms with E-state index >= 15 is 0 Å². The van der Waals surface area contributed by atoms with E-state index < -0.39 is 0 Å². The number of alkyl halides is 1. The summed E-state index contributed by atoms with van der Waals surface area (Å²) in [6, 6.07) is 15.3. The molecule has 0 bridgehead atoms. The lowest BCUT2D eigenvalue weighted by Crippen LogP contribution is -1.99. The predicted octanol–water partition coefficient (Wildman–Crippen LogP) is 4.17. The van der Waals surface area contributed by atoms with E-state index in [1.807, 2.05) is 43.3 Å². The molecule has 2 aromatic carbocycles. The minimum atomic E-state index is -0.0556. The molecule has 0 aromatic heterocycles. The second-order valence-electron chi connectivity index (χ2n) is 4.09. The average Bonchev–Trinajstić information content (AvgIpc) is 2.48. The molecule has 19 heavy (non-hydrogen) atoms. The van der Waals surface area contributed by atoms with Gasteiger partial charge in [-0.3, -0.25) is 4.79 Å². The van der Waals surface area contributed by atoms with E-state index in [0.717, 1.165) is 16.9 Å². The van der Waals surface area contributed by atoms with E-state index in [1.165, 1.54) is 0 Å². The van der Waals surface area contributed by atoms with Gasteiger partial charge in [0.1, 0.15) is 5.75 Å². The number of ketones is 1. The van der Waals surface area contributed by atoms with Gasteiger partial charge in [0.15, 0.2) is 5.78 Å². The maximum Gasteiger partial charge on any atom is 0.177 e. The van der Waals surface area contributed by atoms with Crippen LogP contribution in [0.3, 0.4) is 0 Å². The number of carbonyl (C=O) groups is 1. The van der Waals surface area contributed by atoms with E-state index in [9.17, 15) is 4.79 Å². The number of ether oxygens (including phenoxy) is 1. The van der Waals surface area contributed by atoms with Crippen LogP contribution in [-0.2, 0) is 0 Å². The van der Waals surface area contributed by atoms with Crippen LogP contribution in [0.4, 0.5) is 0 Å². The van der Waals surface area contributed by atoms with Crippen LogP contribution < -0.4 is 4.74 Å². The summed E-state index contributed by atoms with van der Waals surface area (Å²) in [5, 5.41) is 0. The Hall–Kier alpha value is -1.80. The lowest BCUT2D eigenvalue weighted by atomic mass is 10.0. The smallest absolute Gasteiger partial charge is 0.177 e. The highest BCUT2D eigenvalue weighted by atomic mass is 35.5. The van der Waals surface area contributed by atoms with Gasteiger partial charge in [-0.25, -0.2) is 0 Å². The topological polar surface area (TPSA) is 26.3 Å². The van der Waals surface area contributed by atoms with Crippen LogP contribution in [-0.4, -0.2) is 18.3 Å². The Labute approximate surface area is 118 Å². The fourth-order valence-corrected chi connectivity index (χ4v) is 1.99. The molecule has 0 aliphatic heterocycles. The lowest BCUT2D eigenvalue weighted by molar-refractivity contribution is 0.102. The molecule has 0 N–H and O–H groups in total. The van der Waals surface area contributed by atoms with E-state index in [1.54, 1.807) is 12.1 Å². The number of halogens is 1. The summed E-state index contributed by atoms with van der Waals surface area (Å²) in [6.45, 7) is 2.62. The predicted molar refractivity (Wildman–Crippen MR) is 78.1 cm³/mol. The average molecular weight is 275 g/mol. The van der Waals surface area contributed by atoms with Crippen molar-refractivity contribution >= 4 is 17.4 Å². The molecule has 0 atom stereocenters. The summed E-state index contributed by atoms with van der Waals surface area (Å²) in [5.41, 5.74) is 2.80. The molecule has 2 aromatic rings. The van der Waals surface area contributed by atoms with Crippen molar-refractivity contribution < 1.29 is 9.53 Å². The Morgan fingerprint density at radius 2 is 1.53 bits per heavy atom. The van der Waals surface area contributed by atoms with Gasteiger partial charge in [0.25, 0.3) is 0 Å². The highest BCUT2D eigenvalue weighted by Gasteiger charge is 2.04. The van der Waals surface area contributed by atoms with Crippen molar-refractivity contribution in [2.24, 2.45) is 0 Å². The van der Waals surface area contributed by atoms with E-state index in [-0.39, 0.29) is 11.7 Å². The molecule has 0 saturated carbocycles. The standard InChI is InChI=1S/C16H15ClO2/c1-2-19-15-9-7-13(8-10-15)12-3-5-14(6-4-12)16(18)11-17/h3-10H,2,11H2,1H3. The van der Waals surface area contributed by atoms with Crippen molar-refractivity contribution in [1.82, 2.24) is 0 Å². The van der Waals surface area contributed by atoms with Gasteiger partial charge < -0.3 is 4.74 Å². The molecule has 0 amide bonds. The molecular formula is C16H15ClO2. The normalized spacial score (nSPS) is 10.2.